The fourth-order valence-electron chi connectivity index (χ4n) is 4.33. The third-order valence-electron chi connectivity index (χ3n) is 6.26. The largest absolute Gasteiger partial charge is 0.508 e. The molecule has 1 aliphatic heterocycles. The third-order valence-corrected chi connectivity index (χ3v) is 6.26. The summed E-state index contributed by atoms with van der Waals surface area (Å²) in [5.41, 5.74) is 5.41. The van der Waals surface area contributed by atoms with Gasteiger partial charge in [-0.25, -0.2) is 0 Å². The number of carbonyl (C=O) groups excluding carboxylic acids is 1. The number of phenolic OH excluding ortho intramolecular Hbond substituents is 1. The molecule has 5 nitrogen and oxygen atoms in total. The van der Waals surface area contributed by atoms with E-state index >= 15 is 0 Å². The molecule has 4 aromatic rings. The Balaban J connectivity index is 1.73. The summed E-state index contributed by atoms with van der Waals surface area (Å²) in [6.45, 7) is 6.25. The second kappa shape index (κ2) is 7.38. The van der Waals surface area contributed by atoms with Crippen LogP contribution in [0.15, 0.2) is 69.9 Å². The van der Waals surface area contributed by atoms with E-state index in [1.807, 2.05) is 57.2 Å². The van der Waals surface area contributed by atoms with Crippen molar-refractivity contribution in [3.63, 3.8) is 0 Å². The number of hydrogen-bond donors (Lipinski definition) is 1. The van der Waals surface area contributed by atoms with Crippen LogP contribution in [0, 0.1) is 20.8 Å². The summed E-state index contributed by atoms with van der Waals surface area (Å²) in [6, 6.07) is 17.6. The van der Waals surface area contributed by atoms with Gasteiger partial charge in [0.2, 0.25) is 5.76 Å². The highest BCUT2D eigenvalue weighted by Crippen LogP contribution is 2.39. The van der Waals surface area contributed by atoms with Gasteiger partial charge >= 0.3 is 0 Å². The highest BCUT2D eigenvalue weighted by atomic mass is 16.3. The second-order valence-corrected chi connectivity index (χ2v) is 8.52. The van der Waals surface area contributed by atoms with Gasteiger partial charge in [-0.1, -0.05) is 42.0 Å². The van der Waals surface area contributed by atoms with E-state index in [2.05, 4.69) is 0 Å². The smallest absolute Gasteiger partial charge is 0.291 e. The summed E-state index contributed by atoms with van der Waals surface area (Å²) < 4.78 is 6.06. The van der Waals surface area contributed by atoms with Crippen LogP contribution in [0.1, 0.15) is 50.0 Å². The summed E-state index contributed by atoms with van der Waals surface area (Å²) in [7, 11) is 0. The number of hydrogen-bond acceptors (Lipinski definition) is 4. The Morgan fingerprint density at radius 1 is 0.906 bits per heavy atom. The van der Waals surface area contributed by atoms with E-state index in [0.717, 1.165) is 27.8 Å². The van der Waals surface area contributed by atoms with Crippen molar-refractivity contribution in [3.05, 3.63) is 110 Å². The monoisotopic (exact) mass is 425 g/mol. The predicted octanol–water partition coefficient (Wildman–Crippen LogP) is 5.17. The number of rotatable bonds is 3. The molecule has 1 amide bonds. The standard InChI is InChI=1S/C27H23NO4/c1-15-4-6-18(7-5-15)14-28-24(19-8-10-20(29)11-9-19)23-25(30)21-12-16(2)17(3)13-22(21)32-26(23)27(28)31/h4-13,24,29H,14H2,1-3H3. The van der Waals surface area contributed by atoms with Gasteiger partial charge < -0.3 is 14.4 Å². The third kappa shape index (κ3) is 3.17. The normalized spacial score (nSPS) is 15.4. The van der Waals surface area contributed by atoms with E-state index in [-0.39, 0.29) is 22.8 Å². The Hall–Kier alpha value is -3.86. The van der Waals surface area contributed by atoms with Crippen molar-refractivity contribution < 1.29 is 14.3 Å². The van der Waals surface area contributed by atoms with Crippen LogP contribution in [-0.4, -0.2) is 15.9 Å². The van der Waals surface area contributed by atoms with Gasteiger partial charge in [0, 0.05) is 6.54 Å². The number of aryl methyl sites for hydroxylation is 3. The van der Waals surface area contributed by atoms with Crippen LogP contribution >= 0.6 is 0 Å². The maximum absolute atomic E-state index is 13.6. The van der Waals surface area contributed by atoms with Gasteiger partial charge in [-0.15, -0.1) is 0 Å². The Labute approximate surface area is 185 Å². The Kier molecular flexibility index (Phi) is 4.63. The Bertz CT molecular complexity index is 1420. The summed E-state index contributed by atoms with van der Waals surface area (Å²) in [6.07, 6.45) is 0. The number of nitrogens with zero attached hydrogens (tertiary/aromatic N) is 1. The molecule has 5 heteroatoms. The van der Waals surface area contributed by atoms with Gasteiger partial charge in [-0.05, 0) is 67.3 Å². The summed E-state index contributed by atoms with van der Waals surface area (Å²) in [5, 5.41) is 10.2. The number of aromatic hydroxyl groups is 1. The SMILES string of the molecule is Cc1ccc(CN2C(=O)c3oc4cc(C)c(C)cc4c(=O)c3C2c2ccc(O)cc2)cc1. The van der Waals surface area contributed by atoms with Crippen LogP contribution < -0.4 is 5.43 Å². The minimum Gasteiger partial charge on any atom is -0.508 e. The summed E-state index contributed by atoms with van der Waals surface area (Å²) in [4.78, 5) is 28.8. The molecule has 0 aliphatic carbocycles. The minimum absolute atomic E-state index is 0.0935. The van der Waals surface area contributed by atoms with Crippen molar-refractivity contribution in [1.29, 1.82) is 0 Å². The first-order valence-electron chi connectivity index (χ1n) is 10.6. The summed E-state index contributed by atoms with van der Waals surface area (Å²) in [5.74, 6) is -0.0909. The first-order chi connectivity index (χ1) is 15.3. The molecule has 3 aromatic carbocycles. The molecule has 160 valence electrons. The molecule has 1 aliphatic rings. The van der Waals surface area contributed by atoms with Crippen molar-refractivity contribution in [2.45, 2.75) is 33.4 Å². The van der Waals surface area contributed by atoms with E-state index in [1.54, 1.807) is 29.2 Å². The highest BCUT2D eigenvalue weighted by Gasteiger charge is 2.42. The molecule has 2 heterocycles. The van der Waals surface area contributed by atoms with Crippen molar-refractivity contribution in [3.8, 4) is 5.75 Å². The average molecular weight is 425 g/mol. The first kappa shape index (κ1) is 20.1. The molecule has 0 radical (unpaired) electrons. The zero-order valence-corrected chi connectivity index (χ0v) is 18.2. The maximum atomic E-state index is 13.6. The number of amides is 1. The van der Waals surface area contributed by atoms with E-state index in [1.165, 1.54) is 0 Å². The predicted molar refractivity (Wildman–Crippen MR) is 123 cm³/mol. The van der Waals surface area contributed by atoms with Crippen LogP contribution in [0.4, 0.5) is 0 Å². The molecule has 5 rings (SSSR count). The minimum atomic E-state index is -0.596. The lowest BCUT2D eigenvalue weighted by molar-refractivity contribution is 0.0714. The Morgan fingerprint density at radius 3 is 2.25 bits per heavy atom. The van der Waals surface area contributed by atoms with Gasteiger partial charge in [0.05, 0.1) is 17.0 Å². The second-order valence-electron chi connectivity index (χ2n) is 8.52. The fourth-order valence-corrected chi connectivity index (χ4v) is 4.33. The molecule has 1 unspecified atom stereocenters. The Morgan fingerprint density at radius 2 is 1.56 bits per heavy atom. The number of phenols is 1. The molecule has 0 saturated heterocycles. The number of benzene rings is 3. The average Bonchev–Trinajstić information content (AvgIpc) is 3.04. The molecular weight excluding hydrogens is 402 g/mol. The van der Waals surface area contributed by atoms with Gasteiger partial charge in [-0.2, -0.15) is 0 Å². The van der Waals surface area contributed by atoms with E-state index < -0.39 is 6.04 Å². The maximum Gasteiger partial charge on any atom is 0.291 e. The van der Waals surface area contributed by atoms with Crippen molar-refractivity contribution in [2.24, 2.45) is 0 Å². The molecule has 1 N–H and O–H groups in total. The fraction of sp³-hybridized carbons (Fsp3) is 0.185. The summed E-state index contributed by atoms with van der Waals surface area (Å²) >= 11 is 0. The first-order valence-corrected chi connectivity index (χ1v) is 10.6. The lowest BCUT2D eigenvalue weighted by atomic mass is 9.97. The topological polar surface area (TPSA) is 70.8 Å². The molecule has 0 spiro atoms. The van der Waals surface area contributed by atoms with E-state index in [9.17, 15) is 14.7 Å². The molecule has 0 saturated carbocycles. The van der Waals surface area contributed by atoms with Gasteiger partial charge in [0.25, 0.3) is 5.91 Å². The molecular formula is C27H23NO4. The van der Waals surface area contributed by atoms with Crippen LogP contribution in [0.5, 0.6) is 5.75 Å². The van der Waals surface area contributed by atoms with E-state index in [4.69, 9.17) is 4.42 Å². The van der Waals surface area contributed by atoms with Gasteiger partial charge in [-0.3, -0.25) is 9.59 Å². The van der Waals surface area contributed by atoms with Crippen LogP contribution in [0.25, 0.3) is 11.0 Å². The number of carbonyl (C=O) groups is 1. The van der Waals surface area contributed by atoms with E-state index in [0.29, 0.717) is 23.1 Å². The van der Waals surface area contributed by atoms with Crippen molar-refractivity contribution >= 4 is 16.9 Å². The van der Waals surface area contributed by atoms with Gasteiger partial charge in [0.1, 0.15) is 11.3 Å². The quantitative estimate of drug-likeness (QED) is 0.492. The zero-order valence-electron chi connectivity index (χ0n) is 18.2. The number of fused-ring (bicyclic) bond motifs is 2. The van der Waals surface area contributed by atoms with Crippen LogP contribution in [0.3, 0.4) is 0 Å². The van der Waals surface area contributed by atoms with Crippen LogP contribution in [0.2, 0.25) is 0 Å². The van der Waals surface area contributed by atoms with Crippen LogP contribution in [-0.2, 0) is 6.54 Å². The molecule has 1 atom stereocenters. The zero-order chi connectivity index (χ0) is 22.6. The lowest BCUT2D eigenvalue weighted by Gasteiger charge is -2.25. The van der Waals surface area contributed by atoms with Crippen molar-refractivity contribution in [2.75, 3.05) is 0 Å². The molecule has 0 fully saturated rings. The molecule has 1 aromatic heterocycles. The lowest BCUT2D eigenvalue weighted by Crippen LogP contribution is -2.29. The van der Waals surface area contributed by atoms with Gasteiger partial charge in [0.15, 0.2) is 5.43 Å². The highest BCUT2D eigenvalue weighted by molar-refractivity contribution is 5.99. The van der Waals surface area contributed by atoms with Crippen molar-refractivity contribution in [1.82, 2.24) is 4.90 Å². The molecule has 32 heavy (non-hydrogen) atoms. The molecule has 0 bridgehead atoms.